The van der Waals surface area contributed by atoms with Gasteiger partial charge in [0.05, 0.1) is 6.20 Å². The molecule has 0 bridgehead atoms. The van der Waals surface area contributed by atoms with Crippen LogP contribution in [0.2, 0.25) is 5.02 Å². The summed E-state index contributed by atoms with van der Waals surface area (Å²) in [6.45, 7) is 1.46. The maximum atomic E-state index is 10.8. The third kappa shape index (κ3) is 3.72. The molecular weight excluding hydrogens is 334 g/mol. The first kappa shape index (κ1) is 16.0. The quantitative estimate of drug-likeness (QED) is 0.888. The van der Waals surface area contributed by atoms with E-state index in [1.54, 1.807) is 48.7 Å². The summed E-state index contributed by atoms with van der Waals surface area (Å²) in [7, 11) is 0. The van der Waals surface area contributed by atoms with Gasteiger partial charge in [-0.25, -0.2) is 4.79 Å². The lowest BCUT2D eigenvalue weighted by Crippen LogP contribution is -2.27. The molecule has 7 heteroatoms. The molecule has 24 heavy (non-hydrogen) atoms. The smallest absolute Gasteiger partial charge is 0.344 e. The SMILES string of the molecule is CC(Oc1ccc(ON2C=Cc3cc(Cl)ccc3O2)cc1)C(=O)O. The minimum Gasteiger partial charge on any atom is -0.479 e. The van der Waals surface area contributed by atoms with Gasteiger partial charge in [0.15, 0.2) is 17.6 Å². The second-order valence-electron chi connectivity index (χ2n) is 5.04. The molecule has 1 N–H and O–H groups in total. The van der Waals surface area contributed by atoms with E-state index in [1.807, 2.05) is 6.08 Å². The Balaban J connectivity index is 1.63. The molecule has 2 aromatic carbocycles. The number of nitrogens with zero attached hydrogens (tertiary/aromatic N) is 1. The van der Waals surface area contributed by atoms with Crippen LogP contribution in [0.4, 0.5) is 0 Å². The highest BCUT2D eigenvalue weighted by atomic mass is 35.5. The molecule has 0 aromatic heterocycles. The second kappa shape index (κ2) is 6.72. The van der Waals surface area contributed by atoms with Crippen LogP contribution >= 0.6 is 11.6 Å². The zero-order valence-electron chi connectivity index (χ0n) is 12.7. The number of aliphatic carboxylic acids is 1. The summed E-state index contributed by atoms with van der Waals surface area (Å²) < 4.78 is 5.25. The van der Waals surface area contributed by atoms with Crippen molar-refractivity contribution in [3.05, 3.63) is 59.3 Å². The number of carbonyl (C=O) groups is 1. The van der Waals surface area contributed by atoms with Crippen molar-refractivity contribution in [1.29, 1.82) is 0 Å². The summed E-state index contributed by atoms with van der Waals surface area (Å²) in [5.41, 5.74) is 0.855. The lowest BCUT2D eigenvalue weighted by Gasteiger charge is -2.24. The van der Waals surface area contributed by atoms with Crippen LogP contribution in [0.5, 0.6) is 17.2 Å². The first-order valence-corrected chi connectivity index (χ1v) is 7.51. The number of benzene rings is 2. The predicted octanol–water partition coefficient (Wildman–Crippen LogP) is 3.77. The molecule has 0 aliphatic carbocycles. The second-order valence-corrected chi connectivity index (χ2v) is 5.47. The monoisotopic (exact) mass is 347 g/mol. The summed E-state index contributed by atoms with van der Waals surface area (Å²) in [4.78, 5) is 21.9. The summed E-state index contributed by atoms with van der Waals surface area (Å²) in [6.07, 6.45) is 2.51. The van der Waals surface area contributed by atoms with Crippen LogP contribution in [-0.2, 0) is 4.79 Å². The van der Waals surface area contributed by atoms with Crippen molar-refractivity contribution in [2.45, 2.75) is 13.0 Å². The van der Waals surface area contributed by atoms with E-state index in [2.05, 4.69) is 0 Å². The molecule has 1 aliphatic rings. The standard InChI is InChI=1S/C17H14ClNO5/c1-11(17(20)21)22-14-3-5-15(6-4-14)23-19-9-8-12-10-13(18)2-7-16(12)24-19/h2-11H,1H3,(H,20,21). The third-order valence-electron chi connectivity index (χ3n) is 3.22. The van der Waals surface area contributed by atoms with Gasteiger partial charge >= 0.3 is 5.97 Å². The first-order valence-electron chi connectivity index (χ1n) is 7.14. The van der Waals surface area contributed by atoms with E-state index >= 15 is 0 Å². The van der Waals surface area contributed by atoms with Crippen LogP contribution in [0.15, 0.2) is 48.7 Å². The molecule has 1 unspecified atom stereocenters. The highest BCUT2D eigenvalue weighted by Crippen LogP contribution is 2.29. The Morgan fingerprint density at radius 3 is 2.62 bits per heavy atom. The van der Waals surface area contributed by atoms with Crippen LogP contribution < -0.4 is 14.4 Å². The van der Waals surface area contributed by atoms with E-state index in [9.17, 15) is 4.79 Å². The van der Waals surface area contributed by atoms with Crippen LogP contribution in [-0.4, -0.2) is 22.4 Å². The van der Waals surface area contributed by atoms with E-state index in [0.29, 0.717) is 22.3 Å². The fourth-order valence-electron chi connectivity index (χ4n) is 1.99. The molecule has 0 radical (unpaired) electrons. The molecule has 6 nitrogen and oxygen atoms in total. The molecular formula is C17H14ClNO5. The van der Waals surface area contributed by atoms with Crippen LogP contribution in [0.1, 0.15) is 12.5 Å². The van der Waals surface area contributed by atoms with Gasteiger partial charge in [0, 0.05) is 10.6 Å². The molecule has 0 spiro atoms. The number of hydroxylamine groups is 2. The van der Waals surface area contributed by atoms with Crippen molar-refractivity contribution < 1.29 is 24.3 Å². The average molecular weight is 348 g/mol. The van der Waals surface area contributed by atoms with Gasteiger partial charge in [-0.1, -0.05) is 11.6 Å². The van der Waals surface area contributed by atoms with E-state index in [4.69, 9.17) is 31.1 Å². The molecule has 1 heterocycles. The molecule has 1 atom stereocenters. The summed E-state index contributed by atoms with van der Waals surface area (Å²) >= 11 is 5.93. The maximum Gasteiger partial charge on any atom is 0.344 e. The van der Waals surface area contributed by atoms with Crippen molar-refractivity contribution >= 4 is 23.6 Å². The van der Waals surface area contributed by atoms with Gasteiger partial charge in [0.1, 0.15) is 5.75 Å². The molecule has 0 saturated heterocycles. The summed E-state index contributed by atoms with van der Waals surface area (Å²) in [6, 6.07) is 11.8. The first-order chi connectivity index (χ1) is 11.5. The Labute approximate surface area is 143 Å². The largest absolute Gasteiger partial charge is 0.479 e. The summed E-state index contributed by atoms with van der Waals surface area (Å²) in [5, 5.41) is 10.7. The van der Waals surface area contributed by atoms with Crippen LogP contribution in [0.3, 0.4) is 0 Å². The molecule has 1 aliphatic heterocycles. The van der Waals surface area contributed by atoms with Gasteiger partial charge in [-0.3, -0.25) is 0 Å². The number of halogens is 1. The maximum absolute atomic E-state index is 10.8. The van der Waals surface area contributed by atoms with E-state index in [1.165, 1.54) is 12.2 Å². The van der Waals surface area contributed by atoms with Crippen molar-refractivity contribution in [3.8, 4) is 17.2 Å². The highest BCUT2D eigenvalue weighted by Gasteiger charge is 2.15. The minimum atomic E-state index is -1.03. The Morgan fingerprint density at radius 1 is 1.21 bits per heavy atom. The van der Waals surface area contributed by atoms with Gasteiger partial charge in [0.25, 0.3) is 0 Å². The fraction of sp³-hybridized carbons (Fsp3) is 0.118. The van der Waals surface area contributed by atoms with Crippen molar-refractivity contribution in [1.82, 2.24) is 5.23 Å². The van der Waals surface area contributed by atoms with Gasteiger partial charge in [-0.2, -0.15) is 0 Å². The lowest BCUT2D eigenvalue weighted by molar-refractivity contribution is -0.216. The van der Waals surface area contributed by atoms with Crippen molar-refractivity contribution in [2.75, 3.05) is 0 Å². The molecule has 3 rings (SSSR count). The van der Waals surface area contributed by atoms with Crippen LogP contribution in [0.25, 0.3) is 6.08 Å². The molecule has 0 fully saturated rings. The Kier molecular flexibility index (Phi) is 4.48. The minimum absolute atomic E-state index is 0.437. The van der Waals surface area contributed by atoms with Crippen LogP contribution in [0, 0.1) is 0 Å². The van der Waals surface area contributed by atoms with E-state index in [0.717, 1.165) is 5.56 Å². The number of hydrogen-bond donors (Lipinski definition) is 1. The Hall–Kier alpha value is -2.86. The van der Waals surface area contributed by atoms with E-state index < -0.39 is 12.1 Å². The number of carboxylic acid groups (broad SMARTS) is 1. The highest BCUT2D eigenvalue weighted by molar-refractivity contribution is 6.30. The number of ether oxygens (including phenoxy) is 1. The zero-order valence-corrected chi connectivity index (χ0v) is 13.4. The van der Waals surface area contributed by atoms with Gasteiger partial charge in [-0.15, -0.1) is 0 Å². The molecule has 124 valence electrons. The van der Waals surface area contributed by atoms with Crippen molar-refractivity contribution in [2.24, 2.45) is 0 Å². The molecule has 0 saturated carbocycles. The predicted molar refractivity (Wildman–Crippen MR) is 87.7 cm³/mol. The number of rotatable bonds is 5. The Bertz CT molecular complexity index is 775. The molecule has 0 amide bonds. The van der Waals surface area contributed by atoms with Gasteiger partial charge < -0.3 is 19.5 Å². The number of hydrogen-bond acceptors (Lipinski definition) is 5. The third-order valence-corrected chi connectivity index (χ3v) is 3.45. The zero-order chi connectivity index (χ0) is 17.1. The van der Waals surface area contributed by atoms with Crippen molar-refractivity contribution in [3.63, 3.8) is 0 Å². The Morgan fingerprint density at radius 2 is 1.92 bits per heavy atom. The number of fused-ring (bicyclic) bond motifs is 1. The normalized spacial score (nSPS) is 13.7. The van der Waals surface area contributed by atoms with E-state index in [-0.39, 0.29) is 0 Å². The lowest BCUT2D eigenvalue weighted by atomic mass is 10.2. The van der Waals surface area contributed by atoms with Gasteiger partial charge in [0.2, 0.25) is 0 Å². The fourth-order valence-corrected chi connectivity index (χ4v) is 2.17. The molecule has 2 aromatic rings. The topological polar surface area (TPSA) is 68.2 Å². The van der Waals surface area contributed by atoms with Gasteiger partial charge in [-0.05, 0) is 60.7 Å². The number of carboxylic acids is 1. The summed E-state index contributed by atoms with van der Waals surface area (Å²) in [5.74, 6) is 0.540. The average Bonchev–Trinajstić information content (AvgIpc) is 2.56.